The van der Waals surface area contributed by atoms with Crippen LogP contribution >= 0.6 is 0 Å². The van der Waals surface area contributed by atoms with Crippen molar-refractivity contribution in [1.29, 1.82) is 0 Å². The average Bonchev–Trinajstić information content (AvgIpc) is 2.45. The molecule has 1 aromatic carbocycles. The molecule has 0 unspecified atom stereocenters. The molecule has 0 fully saturated rings. The number of benzene rings is 1. The molecule has 0 aliphatic heterocycles. The van der Waals surface area contributed by atoms with Crippen molar-refractivity contribution in [2.24, 2.45) is 0 Å². The molecular weight excluding hydrogens is 294 g/mol. The van der Waals surface area contributed by atoms with E-state index in [2.05, 4.69) is 0 Å². The molecule has 0 heterocycles. The topological polar surface area (TPSA) is 75.9 Å². The van der Waals surface area contributed by atoms with Crippen molar-refractivity contribution in [3.05, 3.63) is 29.8 Å². The van der Waals surface area contributed by atoms with Gasteiger partial charge in [-0.3, -0.25) is 4.79 Å². The number of nitrogen functional groups attached to an aromatic ring is 1. The van der Waals surface area contributed by atoms with Crippen LogP contribution in [-0.2, 0) is 4.74 Å². The highest BCUT2D eigenvalue weighted by molar-refractivity contribution is 5.94. The lowest BCUT2D eigenvalue weighted by Gasteiger charge is -2.25. The van der Waals surface area contributed by atoms with Crippen LogP contribution in [0.2, 0.25) is 0 Å². The van der Waals surface area contributed by atoms with Gasteiger partial charge in [0.05, 0.1) is 0 Å². The number of amides is 2. The minimum absolute atomic E-state index is 0.0649. The summed E-state index contributed by atoms with van der Waals surface area (Å²) in [7, 11) is 3.43. The molecule has 0 atom stereocenters. The second-order valence-corrected chi connectivity index (χ2v) is 6.60. The SMILES string of the molecule is CN(CCCN(C)C(=O)c1ccc(N)cc1)C(=O)OC(C)(C)C. The maximum atomic E-state index is 12.2. The van der Waals surface area contributed by atoms with E-state index in [4.69, 9.17) is 10.5 Å². The first kappa shape index (κ1) is 18.8. The third-order valence-electron chi connectivity index (χ3n) is 3.20. The molecule has 0 saturated carbocycles. The molecule has 0 spiro atoms. The van der Waals surface area contributed by atoms with Crippen molar-refractivity contribution < 1.29 is 14.3 Å². The van der Waals surface area contributed by atoms with Gasteiger partial charge in [-0.25, -0.2) is 4.79 Å². The zero-order valence-corrected chi connectivity index (χ0v) is 14.6. The second-order valence-electron chi connectivity index (χ2n) is 6.60. The third-order valence-corrected chi connectivity index (χ3v) is 3.20. The fourth-order valence-corrected chi connectivity index (χ4v) is 1.92. The molecule has 1 aromatic rings. The van der Waals surface area contributed by atoms with Gasteiger partial charge >= 0.3 is 6.09 Å². The molecule has 0 aliphatic rings. The van der Waals surface area contributed by atoms with Gasteiger partial charge in [0.25, 0.3) is 5.91 Å². The number of ether oxygens (including phenoxy) is 1. The van der Waals surface area contributed by atoms with Crippen molar-refractivity contribution in [2.75, 3.05) is 32.9 Å². The lowest BCUT2D eigenvalue weighted by atomic mass is 10.2. The van der Waals surface area contributed by atoms with Crippen LogP contribution in [0.15, 0.2) is 24.3 Å². The van der Waals surface area contributed by atoms with Crippen LogP contribution in [0.1, 0.15) is 37.6 Å². The Labute approximate surface area is 138 Å². The summed E-state index contributed by atoms with van der Waals surface area (Å²) >= 11 is 0. The summed E-state index contributed by atoms with van der Waals surface area (Å²) < 4.78 is 5.28. The van der Waals surface area contributed by atoms with Crippen LogP contribution < -0.4 is 5.73 Å². The molecule has 6 heteroatoms. The Kier molecular flexibility index (Phi) is 6.42. The van der Waals surface area contributed by atoms with Gasteiger partial charge < -0.3 is 20.3 Å². The predicted octanol–water partition coefficient (Wildman–Crippen LogP) is 2.60. The Morgan fingerprint density at radius 1 is 1.04 bits per heavy atom. The molecule has 128 valence electrons. The molecule has 23 heavy (non-hydrogen) atoms. The number of hydrogen-bond donors (Lipinski definition) is 1. The fourth-order valence-electron chi connectivity index (χ4n) is 1.92. The zero-order chi connectivity index (χ0) is 17.6. The highest BCUT2D eigenvalue weighted by Gasteiger charge is 2.19. The second kappa shape index (κ2) is 7.85. The van der Waals surface area contributed by atoms with E-state index in [1.165, 1.54) is 4.90 Å². The monoisotopic (exact) mass is 321 g/mol. The first-order valence-electron chi connectivity index (χ1n) is 7.65. The molecular formula is C17H27N3O3. The van der Waals surface area contributed by atoms with Gasteiger partial charge in [-0.15, -0.1) is 0 Å². The predicted molar refractivity (Wildman–Crippen MR) is 91.3 cm³/mol. The molecule has 1 rings (SSSR count). The third kappa shape index (κ3) is 6.59. The lowest BCUT2D eigenvalue weighted by Crippen LogP contribution is -2.36. The van der Waals surface area contributed by atoms with Crippen molar-refractivity contribution in [3.63, 3.8) is 0 Å². The first-order chi connectivity index (χ1) is 10.6. The zero-order valence-electron chi connectivity index (χ0n) is 14.6. The highest BCUT2D eigenvalue weighted by atomic mass is 16.6. The number of anilines is 1. The Morgan fingerprint density at radius 3 is 2.09 bits per heavy atom. The summed E-state index contributed by atoms with van der Waals surface area (Å²) in [5.41, 5.74) is 6.33. The van der Waals surface area contributed by atoms with Gasteiger partial charge in [-0.05, 0) is 51.5 Å². The summed E-state index contributed by atoms with van der Waals surface area (Å²) in [6.07, 6.45) is 0.317. The molecule has 2 amide bonds. The number of nitrogens with zero attached hydrogens (tertiary/aromatic N) is 2. The van der Waals surface area contributed by atoms with Gasteiger partial charge in [-0.2, -0.15) is 0 Å². The van der Waals surface area contributed by atoms with Crippen LogP contribution in [0.3, 0.4) is 0 Å². The van der Waals surface area contributed by atoms with Crippen molar-refractivity contribution in [2.45, 2.75) is 32.8 Å². The number of nitrogens with two attached hydrogens (primary N) is 1. The first-order valence-corrected chi connectivity index (χ1v) is 7.65. The van der Waals surface area contributed by atoms with Crippen LogP contribution in [0.25, 0.3) is 0 Å². The summed E-state index contributed by atoms with van der Waals surface area (Å²) in [6, 6.07) is 6.83. The highest BCUT2D eigenvalue weighted by Crippen LogP contribution is 2.10. The Bertz CT molecular complexity index is 535. The van der Waals surface area contributed by atoms with E-state index in [0.29, 0.717) is 30.8 Å². The molecule has 0 saturated heterocycles. The lowest BCUT2D eigenvalue weighted by molar-refractivity contribution is 0.0294. The Hall–Kier alpha value is -2.24. The molecule has 6 nitrogen and oxygen atoms in total. The smallest absolute Gasteiger partial charge is 0.410 e. The van der Waals surface area contributed by atoms with Crippen molar-refractivity contribution >= 4 is 17.7 Å². The summed E-state index contributed by atoms with van der Waals surface area (Å²) in [4.78, 5) is 27.2. The van der Waals surface area contributed by atoms with Gasteiger partial charge in [0.2, 0.25) is 0 Å². The minimum atomic E-state index is -0.507. The minimum Gasteiger partial charge on any atom is -0.444 e. The largest absolute Gasteiger partial charge is 0.444 e. The average molecular weight is 321 g/mol. The van der Waals surface area contributed by atoms with Crippen molar-refractivity contribution in [1.82, 2.24) is 9.80 Å². The van der Waals surface area contributed by atoms with Crippen LogP contribution in [-0.4, -0.2) is 54.6 Å². The quantitative estimate of drug-likeness (QED) is 0.846. The van der Waals surface area contributed by atoms with Crippen LogP contribution in [0.5, 0.6) is 0 Å². The number of rotatable bonds is 5. The fraction of sp³-hybridized carbons (Fsp3) is 0.529. The maximum absolute atomic E-state index is 12.2. The van der Waals surface area contributed by atoms with E-state index in [0.717, 1.165) is 0 Å². The number of carbonyl (C=O) groups is 2. The van der Waals surface area contributed by atoms with E-state index in [1.807, 2.05) is 20.8 Å². The Balaban J connectivity index is 2.41. The molecule has 0 aromatic heterocycles. The molecule has 2 N–H and O–H groups in total. The van der Waals surface area contributed by atoms with Crippen LogP contribution in [0.4, 0.5) is 10.5 Å². The summed E-state index contributed by atoms with van der Waals surface area (Å²) in [6.45, 7) is 6.57. The van der Waals surface area contributed by atoms with Crippen LogP contribution in [0, 0.1) is 0 Å². The van der Waals surface area contributed by atoms with E-state index in [-0.39, 0.29) is 12.0 Å². The van der Waals surface area contributed by atoms with E-state index >= 15 is 0 Å². The standard InChI is InChI=1S/C17H27N3O3/c1-17(2,3)23-16(22)20(5)12-6-11-19(4)15(21)13-7-9-14(18)10-8-13/h7-10H,6,11-12,18H2,1-5H3. The Morgan fingerprint density at radius 2 is 1.57 bits per heavy atom. The van der Waals surface area contributed by atoms with Gasteiger partial charge in [0, 0.05) is 38.4 Å². The van der Waals surface area contributed by atoms with Crippen molar-refractivity contribution in [3.8, 4) is 0 Å². The summed E-state index contributed by atoms with van der Waals surface area (Å²) in [5, 5.41) is 0. The normalized spacial score (nSPS) is 11.0. The number of carbonyl (C=O) groups excluding carboxylic acids is 2. The van der Waals surface area contributed by atoms with E-state index in [9.17, 15) is 9.59 Å². The summed E-state index contributed by atoms with van der Waals surface area (Å²) in [5.74, 6) is -0.0649. The number of hydrogen-bond acceptors (Lipinski definition) is 4. The molecule has 0 bridgehead atoms. The van der Waals surface area contributed by atoms with E-state index in [1.54, 1.807) is 43.3 Å². The maximum Gasteiger partial charge on any atom is 0.410 e. The molecule has 0 radical (unpaired) electrons. The molecule has 0 aliphatic carbocycles. The van der Waals surface area contributed by atoms with Gasteiger partial charge in [0.15, 0.2) is 0 Å². The van der Waals surface area contributed by atoms with Gasteiger partial charge in [0.1, 0.15) is 5.60 Å². The van der Waals surface area contributed by atoms with E-state index < -0.39 is 5.60 Å². The van der Waals surface area contributed by atoms with Gasteiger partial charge in [-0.1, -0.05) is 0 Å².